The van der Waals surface area contributed by atoms with Gasteiger partial charge in [-0.2, -0.15) is 0 Å². The minimum Gasteiger partial charge on any atom is -0.505 e. The van der Waals surface area contributed by atoms with E-state index in [0.29, 0.717) is 4.47 Å². The van der Waals surface area contributed by atoms with E-state index in [9.17, 15) is 13.5 Å². The third-order valence-electron chi connectivity index (χ3n) is 1.21. The third-order valence-corrected chi connectivity index (χ3v) is 3.21. The highest BCUT2D eigenvalue weighted by molar-refractivity contribution is 9.10. The Kier molecular flexibility index (Phi) is 5.63. The lowest BCUT2D eigenvalue weighted by molar-refractivity contribution is -0.122. The Morgan fingerprint density at radius 1 is 1.40 bits per heavy atom. The van der Waals surface area contributed by atoms with Gasteiger partial charge in [0.05, 0.1) is 4.47 Å². The maximum Gasteiger partial charge on any atom is 0.290 e. The second kappa shape index (κ2) is 5.94. The van der Waals surface area contributed by atoms with Crippen LogP contribution >= 0.6 is 26.6 Å². The van der Waals surface area contributed by atoms with Crippen LogP contribution in [0, 0.1) is 0 Å². The molecular weight excluding hydrogens is 311 g/mol. The normalized spacial score (nSPS) is 10.0. The monoisotopic (exact) mass is 316 g/mol. The molecule has 1 aromatic rings. The molecule has 5 nitrogen and oxygen atoms in total. The molecule has 8 heteroatoms. The molecule has 0 bridgehead atoms. The van der Waals surface area contributed by atoms with Crippen molar-refractivity contribution in [2.75, 3.05) is 0 Å². The Hall–Kier alpha value is -0.790. The lowest BCUT2D eigenvalue weighted by atomic mass is 10.3. The Labute approximate surface area is 98.9 Å². The van der Waals surface area contributed by atoms with Crippen LogP contribution in [-0.2, 0) is 13.8 Å². The number of aromatic hydroxyl groups is 1. The van der Waals surface area contributed by atoms with E-state index in [1.165, 1.54) is 18.2 Å². The zero-order valence-corrected chi connectivity index (χ0v) is 10.3. The molecule has 0 amide bonds. The molecule has 2 N–H and O–H groups in total. The first-order valence-corrected chi connectivity index (χ1v) is 6.44. The molecule has 1 aromatic carbocycles. The van der Waals surface area contributed by atoms with Gasteiger partial charge in [-0.05, 0) is 28.1 Å². The van der Waals surface area contributed by atoms with Gasteiger partial charge in [-0.3, -0.25) is 4.79 Å². The fourth-order valence-electron chi connectivity index (χ4n) is 0.692. The number of phenols is 1. The van der Waals surface area contributed by atoms with Gasteiger partial charge >= 0.3 is 0 Å². The second-order valence-electron chi connectivity index (χ2n) is 2.13. The predicted molar refractivity (Wildman–Crippen MR) is 57.5 cm³/mol. The van der Waals surface area contributed by atoms with Crippen molar-refractivity contribution in [3.05, 3.63) is 22.7 Å². The second-order valence-corrected chi connectivity index (χ2v) is 5.52. The molecule has 1 rings (SSSR count). The van der Waals surface area contributed by atoms with Crippen molar-refractivity contribution in [2.45, 2.75) is 4.90 Å². The summed E-state index contributed by atoms with van der Waals surface area (Å²) >= 11 is 2.97. The molecule has 0 aliphatic heterocycles. The van der Waals surface area contributed by atoms with Crippen molar-refractivity contribution in [1.29, 1.82) is 0 Å². The summed E-state index contributed by atoms with van der Waals surface area (Å²) in [6.07, 6.45) is 0. The first-order valence-electron chi connectivity index (χ1n) is 3.34. The first kappa shape index (κ1) is 14.2. The van der Waals surface area contributed by atoms with Gasteiger partial charge in [0.25, 0.3) is 15.5 Å². The average Bonchev–Trinajstić information content (AvgIpc) is 2.09. The Bertz CT molecular complexity index is 445. The molecule has 0 saturated carbocycles. The van der Waals surface area contributed by atoms with Gasteiger partial charge in [0.15, 0.2) is 0 Å². The van der Waals surface area contributed by atoms with Gasteiger partial charge in [0.1, 0.15) is 10.6 Å². The van der Waals surface area contributed by atoms with Crippen LogP contribution in [0.5, 0.6) is 5.75 Å². The van der Waals surface area contributed by atoms with E-state index in [0.717, 1.165) is 0 Å². The summed E-state index contributed by atoms with van der Waals surface area (Å²) in [5, 5.41) is 16.1. The molecule has 0 unspecified atom stereocenters. The van der Waals surface area contributed by atoms with Gasteiger partial charge in [0, 0.05) is 10.7 Å². The number of para-hydroxylation sites is 1. The van der Waals surface area contributed by atoms with E-state index in [1.807, 2.05) is 0 Å². The summed E-state index contributed by atoms with van der Waals surface area (Å²) < 4.78 is 21.9. The van der Waals surface area contributed by atoms with Crippen molar-refractivity contribution >= 4 is 42.1 Å². The van der Waals surface area contributed by atoms with E-state index in [-0.39, 0.29) is 17.1 Å². The largest absolute Gasteiger partial charge is 0.505 e. The first-order chi connectivity index (χ1) is 6.84. The van der Waals surface area contributed by atoms with E-state index < -0.39 is 9.05 Å². The van der Waals surface area contributed by atoms with Gasteiger partial charge in [-0.1, -0.05) is 6.07 Å². The highest BCUT2D eigenvalue weighted by atomic mass is 79.9. The summed E-state index contributed by atoms with van der Waals surface area (Å²) in [6, 6.07) is 4.21. The quantitative estimate of drug-likeness (QED) is 0.608. The molecule has 0 fully saturated rings. The number of rotatable bonds is 1. The van der Waals surface area contributed by atoms with Crippen molar-refractivity contribution in [3.8, 4) is 5.75 Å². The van der Waals surface area contributed by atoms with Crippen LogP contribution in [0.25, 0.3) is 0 Å². The molecule has 84 valence electrons. The topological polar surface area (TPSA) is 91.7 Å². The van der Waals surface area contributed by atoms with Crippen LogP contribution in [0.15, 0.2) is 27.6 Å². The molecule has 0 atom stereocenters. The summed E-state index contributed by atoms with van der Waals surface area (Å²) in [7, 11) is 1.16. The number of halogens is 2. The van der Waals surface area contributed by atoms with Crippen LogP contribution < -0.4 is 0 Å². The highest BCUT2D eigenvalue weighted by Crippen LogP contribution is 2.32. The number of carboxylic acid groups (broad SMARTS) is 1. The standard InChI is InChI=1S/C6H4BrClO3S.CH2O2/c7-4-2-1-3-5(6(4)9)12(8,10)11;2-1-3/h1-3,9H;1H,(H,2,3). The van der Waals surface area contributed by atoms with Crippen LogP contribution in [0.1, 0.15) is 0 Å². The SMILES string of the molecule is O=CO.O=S(=O)(Cl)c1cccc(Br)c1O. The molecule has 0 aromatic heterocycles. The Balaban J connectivity index is 0.000000583. The van der Waals surface area contributed by atoms with Crippen molar-refractivity contribution in [2.24, 2.45) is 0 Å². The molecule has 0 aliphatic rings. The zero-order chi connectivity index (χ0) is 12.1. The molecule has 0 heterocycles. The predicted octanol–water partition coefficient (Wildman–Crippen LogP) is 1.78. The summed E-state index contributed by atoms with van der Waals surface area (Å²) in [4.78, 5) is 8.07. The molecule has 15 heavy (non-hydrogen) atoms. The van der Waals surface area contributed by atoms with Crippen LogP contribution in [0.3, 0.4) is 0 Å². The van der Waals surface area contributed by atoms with Gasteiger partial charge in [-0.25, -0.2) is 8.42 Å². The summed E-state index contributed by atoms with van der Waals surface area (Å²) in [6.45, 7) is -0.250. The molecule has 0 aliphatic carbocycles. The van der Waals surface area contributed by atoms with Gasteiger partial charge in [0.2, 0.25) is 0 Å². The lowest BCUT2D eigenvalue weighted by Gasteiger charge is -2.00. The van der Waals surface area contributed by atoms with Crippen LogP contribution in [0.2, 0.25) is 0 Å². The number of benzene rings is 1. The van der Waals surface area contributed by atoms with E-state index in [2.05, 4.69) is 15.9 Å². The summed E-state index contributed by atoms with van der Waals surface area (Å²) in [5.41, 5.74) is 0. The fourth-order valence-corrected chi connectivity index (χ4v) is 2.15. The number of carbonyl (C=O) groups is 1. The van der Waals surface area contributed by atoms with E-state index in [1.54, 1.807) is 0 Å². The number of hydrogen-bond donors (Lipinski definition) is 2. The number of phenolic OH excluding ortho intramolecular Hbond substituents is 1. The van der Waals surface area contributed by atoms with Gasteiger partial charge in [-0.15, -0.1) is 0 Å². The Morgan fingerprint density at radius 2 is 1.87 bits per heavy atom. The smallest absolute Gasteiger partial charge is 0.290 e. The maximum absolute atomic E-state index is 10.8. The van der Waals surface area contributed by atoms with Crippen LogP contribution in [0.4, 0.5) is 0 Å². The molecule has 0 radical (unpaired) electrons. The van der Waals surface area contributed by atoms with E-state index >= 15 is 0 Å². The Morgan fingerprint density at radius 3 is 2.20 bits per heavy atom. The zero-order valence-electron chi connectivity index (χ0n) is 7.09. The van der Waals surface area contributed by atoms with Crippen molar-refractivity contribution in [3.63, 3.8) is 0 Å². The third kappa shape index (κ3) is 4.50. The minimum atomic E-state index is -3.86. The minimum absolute atomic E-state index is 0.250. The van der Waals surface area contributed by atoms with E-state index in [4.69, 9.17) is 20.6 Å². The number of hydrogen-bond acceptors (Lipinski definition) is 4. The van der Waals surface area contributed by atoms with Crippen molar-refractivity contribution in [1.82, 2.24) is 0 Å². The van der Waals surface area contributed by atoms with Crippen LogP contribution in [-0.4, -0.2) is 25.1 Å². The molecular formula is C7H6BrClO5S. The molecule has 0 spiro atoms. The average molecular weight is 318 g/mol. The van der Waals surface area contributed by atoms with Crippen molar-refractivity contribution < 1.29 is 23.4 Å². The fraction of sp³-hybridized carbons (Fsp3) is 0. The highest BCUT2D eigenvalue weighted by Gasteiger charge is 2.16. The molecule has 0 saturated heterocycles. The van der Waals surface area contributed by atoms with Gasteiger partial charge < -0.3 is 10.2 Å². The summed E-state index contributed by atoms with van der Waals surface area (Å²) in [5.74, 6) is -0.368. The lowest BCUT2D eigenvalue weighted by Crippen LogP contribution is -1.90. The maximum atomic E-state index is 10.8.